The molecule has 1 aromatic heterocycles. The van der Waals surface area contributed by atoms with Crippen molar-refractivity contribution < 1.29 is 37.0 Å². The van der Waals surface area contributed by atoms with Crippen LogP contribution >= 0.6 is 0 Å². The first-order valence-electron chi connectivity index (χ1n) is 7.04. The van der Waals surface area contributed by atoms with Gasteiger partial charge in [0, 0.05) is 26.2 Å². The number of hydrogen-bond acceptors (Lipinski definition) is 6. The number of halogens is 4. The predicted octanol–water partition coefficient (Wildman–Crippen LogP) is 1.39. The highest BCUT2D eigenvalue weighted by atomic mass is 19.4. The molecule has 0 amide bonds. The minimum Gasteiger partial charge on any atom is -0.475 e. The van der Waals surface area contributed by atoms with Crippen LogP contribution in [0.5, 0.6) is 0 Å². The summed E-state index contributed by atoms with van der Waals surface area (Å²) in [5.41, 5.74) is -0.256. The molecule has 140 valence electrons. The molecular formula is C14H17F4N3O4. The Morgan fingerprint density at radius 3 is 2.16 bits per heavy atom. The molecule has 1 aromatic rings. The number of carbonyl (C=O) groups excluding carboxylic acids is 1. The highest BCUT2D eigenvalue weighted by molar-refractivity contribution is 5.87. The van der Waals surface area contributed by atoms with Crippen LogP contribution in [0.2, 0.25) is 0 Å². The highest BCUT2D eigenvalue weighted by Gasteiger charge is 2.38. The van der Waals surface area contributed by atoms with Crippen LogP contribution in [0.3, 0.4) is 0 Å². The minimum atomic E-state index is -5.08. The van der Waals surface area contributed by atoms with Gasteiger partial charge in [-0.25, -0.2) is 19.0 Å². The number of alkyl halides is 3. The molecule has 0 aromatic carbocycles. The number of rotatable bonds is 2. The number of pyridine rings is 1. The second-order valence-corrected chi connectivity index (χ2v) is 5.08. The Morgan fingerprint density at radius 2 is 1.72 bits per heavy atom. The van der Waals surface area contributed by atoms with Crippen LogP contribution in [0, 0.1) is 5.82 Å². The number of ether oxygens (including phenoxy) is 1. The number of esters is 1. The van der Waals surface area contributed by atoms with Crippen LogP contribution in [-0.4, -0.2) is 73.4 Å². The Balaban J connectivity index is 0.000000381. The zero-order valence-corrected chi connectivity index (χ0v) is 13.5. The average Bonchev–Trinajstić information content (AvgIpc) is 2.55. The molecule has 0 unspecified atom stereocenters. The van der Waals surface area contributed by atoms with Gasteiger partial charge in [0.1, 0.15) is 5.82 Å². The lowest BCUT2D eigenvalue weighted by molar-refractivity contribution is -0.192. The molecule has 7 nitrogen and oxygen atoms in total. The topological polar surface area (TPSA) is 83.0 Å². The summed E-state index contributed by atoms with van der Waals surface area (Å²) in [6, 6.07) is 2.85. The first-order valence-corrected chi connectivity index (χ1v) is 7.04. The first-order chi connectivity index (χ1) is 11.6. The smallest absolute Gasteiger partial charge is 0.475 e. The van der Waals surface area contributed by atoms with Gasteiger partial charge >= 0.3 is 18.1 Å². The molecule has 0 atom stereocenters. The molecule has 1 aliphatic rings. The van der Waals surface area contributed by atoms with E-state index in [1.807, 2.05) is 4.90 Å². The SMILES string of the molecule is COC(=O)c1nc(N2CCN(C)CC2)ccc1F.O=C(O)C(F)(F)F. The molecule has 0 aliphatic carbocycles. The molecule has 2 heterocycles. The molecule has 0 spiro atoms. The van der Waals surface area contributed by atoms with E-state index in [-0.39, 0.29) is 5.69 Å². The predicted molar refractivity (Wildman–Crippen MR) is 78.9 cm³/mol. The third-order valence-corrected chi connectivity index (χ3v) is 3.28. The zero-order chi connectivity index (χ0) is 19.2. The number of nitrogens with zero attached hydrogens (tertiary/aromatic N) is 3. The first kappa shape index (κ1) is 20.6. The monoisotopic (exact) mass is 367 g/mol. The Morgan fingerprint density at radius 1 is 1.20 bits per heavy atom. The number of hydrogen-bond donors (Lipinski definition) is 1. The van der Waals surface area contributed by atoms with Crippen LogP contribution in [0.1, 0.15) is 10.5 Å². The van der Waals surface area contributed by atoms with E-state index in [0.717, 1.165) is 26.2 Å². The lowest BCUT2D eigenvalue weighted by Crippen LogP contribution is -2.44. The Hall–Kier alpha value is -2.43. The van der Waals surface area contributed by atoms with Crippen LogP contribution in [0.15, 0.2) is 12.1 Å². The fourth-order valence-electron chi connectivity index (χ4n) is 1.88. The summed E-state index contributed by atoms with van der Waals surface area (Å²) in [6.45, 7) is 3.48. The van der Waals surface area contributed by atoms with Gasteiger partial charge in [0.2, 0.25) is 0 Å². The number of likely N-dealkylation sites (N-methyl/N-ethyl adjacent to an activating group) is 1. The maximum absolute atomic E-state index is 13.4. The summed E-state index contributed by atoms with van der Waals surface area (Å²) in [4.78, 5) is 28.6. The van der Waals surface area contributed by atoms with Crippen molar-refractivity contribution in [2.24, 2.45) is 0 Å². The Kier molecular flexibility index (Phi) is 7.09. The van der Waals surface area contributed by atoms with Crippen molar-refractivity contribution in [2.75, 3.05) is 45.2 Å². The number of aromatic nitrogens is 1. The van der Waals surface area contributed by atoms with Gasteiger partial charge in [-0.1, -0.05) is 0 Å². The van der Waals surface area contributed by atoms with Gasteiger partial charge in [-0.3, -0.25) is 0 Å². The van der Waals surface area contributed by atoms with Gasteiger partial charge in [-0.2, -0.15) is 13.2 Å². The Bertz CT molecular complexity index is 617. The summed E-state index contributed by atoms with van der Waals surface area (Å²) in [6.07, 6.45) is -5.08. The third kappa shape index (κ3) is 6.18. The van der Waals surface area contributed by atoms with E-state index in [1.165, 1.54) is 13.2 Å². The van der Waals surface area contributed by atoms with Gasteiger partial charge < -0.3 is 19.6 Å². The number of carbonyl (C=O) groups is 2. The largest absolute Gasteiger partial charge is 0.490 e. The molecule has 2 rings (SSSR count). The molecule has 1 fully saturated rings. The van der Waals surface area contributed by atoms with E-state index in [4.69, 9.17) is 9.90 Å². The van der Waals surface area contributed by atoms with Gasteiger partial charge in [0.05, 0.1) is 7.11 Å². The van der Waals surface area contributed by atoms with Gasteiger partial charge in [-0.15, -0.1) is 0 Å². The van der Waals surface area contributed by atoms with E-state index >= 15 is 0 Å². The molecule has 25 heavy (non-hydrogen) atoms. The van der Waals surface area contributed by atoms with Gasteiger partial charge in [0.25, 0.3) is 0 Å². The van der Waals surface area contributed by atoms with Crippen molar-refractivity contribution in [3.05, 3.63) is 23.6 Å². The van der Waals surface area contributed by atoms with E-state index in [0.29, 0.717) is 5.82 Å². The lowest BCUT2D eigenvalue weighted by atomic mass is 10.3. The Labute approximate surface area is 140 Å². The normalized spacial score (nSPS) is 15.2. The molecule has 1 saturated heterocycles. The van der Waals surface area contributed by atoms with E-state index < -0.39 is 23.9 Å². The molecule has 0 saturated carbocycles. The number of carboxylic acids is 1. The lowest BCUT2D eigenvalue weighted by Gasteiger charge is -2.33. The number of piperazine rings is 1. The number of carboxylic acid groups (broad SMARTS) is 1. The van der Waals surface area contributed by atoms with Crippen molar-refractivity contribution in [2.45, 2.75) is 6.18 Å². The number of anilines is 1. The van der Waals surface area contributed by atoms with Crippen LogP contribution in [0.25, 0.3) is 0 Å². The van der Waals surface area contributed by atoms with E-state index in [1.54, 1.807) is 6.07 Å². The molecule has 11 heteroatoms. The van der Waals surface area contributed by atoms with E-state index in [9.17, 15) is 22.4 Å². The minimum absolute atomic E-state index is 0.256. The van der Waals surface area contributed by atoms with Crippen molar-refractivity contribution in [1.82, 2.24) is 9.88 Å². The van der Waals surface area contributed by atoms with Crippen LogP contribution < -0.4 is 4.90 Å². The fraction of sp³-hybridized carbons (Fsp3) is 0.500. The second-order valence-electron chi connectivity index (χ2n) is 5.08. The van der Waals surface area contributed by atoms with Gasteiger partial charge in [0.15, 0.2) is 11.5 Å². The van der Waals surface area contributed by atoms with Crippen molar-refractivity contribution in [3.63, 3.8) is 0 Å². The van der Waals surface area contributed by atoms with Crippen molar-refractivity contribution in [3.8, 4) is 0 Å². The maximum atomic E-state index is 13.4. The fourth-order valence-corrected chi connectivity index (χ4v) is 1.88. The second kappa shape index (κ2) is 8.60. The molecule has 0 bridgehead atoms. The van der Waals surface area contributed by atoms with E-state index in [2.05, 4.69) is 21.7 Å². The summed E-state index contributed by atoms with van der Waals surface area (Å²) >= 11 is 0. The summed E-state index contributed by atoms with van der Waals surface area (Å²) in [5, 5.41) is 7.12. The van der Waals surface area contributed by atoms with Crippen LogP contribution in [0.4, 0.5) is 23.4 Å². The molecule has 0 radical (unpaired) electrons. The summed E-state index contributed by atoms with van der Waals surface area (Å²) in [7, 11) is 3.27. The third-order valence-electron chi connectivity index (χ3n) is 3.28. The number of aliphatic carboxylic acids is 1. The van der Waals surface area contributed by atoms with Crippen molar-refractivity contribution >= 4 is 17.8 Å². The standard InChI is InChI=1S/C12H16FN3O2.C2HF3O2/c1-15-5-7-16(8-6-15)10-4-3-9(13)11(14-10)12(17)18-2;3-2(4,5)1(6)7/h3-4H,5-8H2,1-2H3;(H,6,7). The van der Waals surface area contributed by atoms with Crippen LogP contribution in [-0.2, 0) is 9.53 Å². The van der Waals surface area contributed by atoms with Crippen molar-refractivity contribution in [1.29, 1.82) is 0 Å². The number of methoxy groups -OCH3 is 1. The zero-order valence-electron chi connectivity index (χ0n) is 13.5. The molecule has 1 aliphatic heterocycles. The molecule has 1 N–H and O–H groups in total. The molecular weight excluding hydrogens is 350 g/mol. The summed E-state index contributed by atoms with van der Waals surface area (Å²) < 4.78 is 49.7. The highest BCUT2D eigenvalue weighted by Crippen LogP contribution is 2.16. The maximum Gasteiger partial charge on any atom is 0.490 e. The quantitative estimate of drug-likeness (QED) is 0.625. The average molecular weight is 367 g/mol. The van der Waals surface area contributed by atoms with Gasteiger partial charge in [-0.05, 0) is 19.2 Å². The summed E-state index contributed by atoms with van der Waals surface area (Å²) in [5.74, 6) is -3.54.